The molecule has 1 unspecified atom stereocenters. The molecule has 2 aromatic rings. The minimum absolute atomic E-state index is 0.0399. The lowest BCUT2D eigenvalue weighted by molar-refractivity contribution is -0.130. The standard InChI is InChI=1S/C25H29N3O6S/c29-24-5-2-12-27(24)19-7-9-20(10-8-19)35(31,32)26-17-25(30)28-13-1-4-21(28)18-6-11-22-23(16-18)34-15-3-14-33-22/h6-11,16,21,26H,1-5,12-15,17H2. The van der Waals surface area contributed by atoms with Crippen molar-refractivity contribution in [2.75, 3.05) is 37.7 Å². The fourth-order valence-electron chi connectivity index (χ4n) is 4.87. The summed E-state index contributed by atoms with van der Waals surface area (Å²) in [7, 11) is -3.87. The molecule has 3 aliphatic rings. The molecule has 1 N–H and O–H groups in total. The Labute approximate surface area is 205 Å². The quantitative estimate of drug-likeness (QED) is 0.655. The van der Waals surface area contributed by atoms with Gasteiger partial charge in [0.05, 0.1) is 30.7 Å². The Morgan fingerprint density at radius 1 is 0.971 bits per heavy atom. The Hall–Kier alpha value is -3.11. The number of fused-ring (bicyclic) bond motifs is 1. The summed E-state index contributed by atoms with van der Waals surface area (Å²) in [5.74, 6) is 1.15. The van der Waals surface area contributed by atoms with E-state index in [-0.39, 0.29) is 29.3 Å². The summed E-state index contributed by atoms with van der Waals surface area (Å²) < 4.78 is 39.5. The van der Waals surface area contributed by atoms with Crippen LogP contribution in [0.2, 0.25) is 0 Å². The van der Waals surface area contributed by atoms with E-state index in [4.69, 9.17) is 9.47 Å². The molecule has 0 bridgehead atoms. The fraction of sp³-hybridized carbons (Fsp3) is 0.440. The monoisotopic (exact) mass is 499 g/mol. The first-order valence-corrected chi connectivity index (χ1v) is 13.5. The van der Waals surface area contributed by atoms with E-state index in [1.807, 2.05) is 18.2 Å². The van der Waals surface area contributed by atoms with Gasteiger partial charge in [0.1, 0.15) is 0 Å². The molecular formula is C25H29N3O6S. The maximum absolute atomic E-state index is 13.0. The third-order valence-electron chi connectivity index (χ3n) is 6.68. The number of ether oxygens (including phenoxy) is 2. The number of sulfonamides is 1. The zero-order chi connectivity index (χ0) is 24.4. The second-order valence-corrected chi connectivity index (χ2v) is 10.7. The number of hydrogen-bond acceptors (Lipinski definition) is 6. The molecule has 186 valence electrons. The molecule has 0 radical (unpaired) electrons. The zero-order valence-electron chi connectivity index (χ0n) is 19.4. The average Bonchev–Trinajstić information content (AvgIpc) is 3.46. The highest BCUT2D eigenvalue weighted by Crippen LogP contribution is 2.38. The van der Waals surface area contributed by atoms with E-state index in [1.165, 1.54) is 12.1 Å². The van der Waals surface area contributed by atoms with E-state index in [9.17, 15) is 18.0 Å². The van der Waals surface area contributed by atoms with Crippen molar-refractivity contribution in [2.24, 2.45) is 0 Å². The predicted molar refractivity (Wildman–Crippen MR) is 129 cm³/mol. The number of nitrogens with one attached hydrogen (secondary N) is 1. The van der Waals surface area contributed by atoms with Gasteiger partial charge in [-0.05, 0) is 61.2 Å². The number of anilines is 1. The van der Waals surface area contributed by atoms with Crippen LogP contribution in [0.15, 0.2) is 47.4 Å². The second kappa shape index (κ2) is 9.87. The van der Waals surface area contributed by atoms with E-state index >= 15 is 0 Å². The summed E-state index contributed by atoms with van der Waals surface area (Å²) >= 11 is 0. The highest BCUT2D eigenvalue weighted by molar-refractivity contribution is 7.89. The van der Waals surface area contributed by atoms with Crippen molar-refractivity contribution >= 4 is 27.5 Å². The number of amides is 2. The zero-order valence-corrected chi connectivity index (χ0v) is 20.3. The van der Waals surface area contributed by atoms with Gasteiger partial charge >= 0.3 is 0 Å². The summed E-state index contributed by atoms with van der Waals surface area (Å²) in [6.45, 7) is 2.08. The molecule has 2 saturated heterocycles. The van der Waals surface area contributed by atoms with Crippen LogP contribution >= 0.6 is 0 Å². The van der Waals surface area contributed by atoms with Crippen molar-refractivity contribution in [1.82, 2.24) is 9.62 Å². The molecule has 9 nitrogen and oxygen atoms in total. The predicted octanol–water partition coefficient (Wildman–Crippen LogP) is 2.62. The number of rotatable bonds is 6. The number of likely N-dealkylation sites (tertiary alicyclic amines) is 1. The average molecular weight is 500 g/mol. The van der Waals surface area contributed by atoms with E-state index < -0.39 is 10.0 Å². The summed E-state index contributed by atoms with van der Waals surface area (Å²) in [5.41, 5.74) is 1.63. The lowest BCUT2D eigenvalue weighted by Gasteiger charge is -2.26. The molecule has 2 aromatic carbocycles. The summed E-state index contributed by atoms with van der Waals surface area (Å²) in [5, 5.41) is 0. The first-order valence-electron chi connectivity index (χ1n) is 12.0. The molecule has 1 atom stereocenters. The SMILES string of the molecule is O=C1CCCN1c1ccc(S(=O)(=O)NCC(=O)N2CCCC2c2ccc3c(c2)OCCCO3)cc1. The van der Waals surface area contributed by atoms with Crippen LogP contribution in [0.4, 0.5) is 5.69 Å². The van der Waals surface area contributed by atoms with E-state index in [0.717, 1.165) is 31.2 Å². The molecule has 0 aliphatic carbocycles. The molecule has 3 heterocycles. The highest BCUT2D eigenvalue weighted by Gasteiger charge is 2.31. The van der Waals surface area contributed by atoms with Gasteiger partial charge in [-0.1, -0.05) is 6.07 Å². The van der Waals surface area contributed by atoms with Crippen molar-refractivity contribution in [1.29, 1.82) is 0 Å². The smallest absolute Gasteiger partial charge is 0.241 e. The first kappa shape index (κ1) is 23.6. The normalized spacial score (nSPS) is 20.2. The third kappa shape index (κ3) is 4.99. The minimum Gasteiger partial charge on any atom is -0.490 e. The Morgan fingerprint density at radius 3 is 2.49 bits per heavy atom. The molecular weight excluding hydrogens is 470 g/mol. The minimum atomic E-state index is -3.87. The molecule has 0 spiro atoms. The van der Waals surface area contributed by atoms with Crippen LogP contribution in [-0.4, -0.2) is 58.0 Å². The molecule has 0 aromatic heterocycles. The van der Waals surface area contributed by atoms with Crippen LogP contribution in [0.25, 0.3) is 0 Å². The van der Waals surface area contributed by atoms with Crippen molar-refractivity contribution in [3.05, 3.63) is 48.0 Å². The summed E-state index contributed by atoms with van der Waals surface area (Å²) in [6, 6.07) is 11.8. The number of carbonyl (C=O) groups excluding carboxylic acids is 2. The van der Waals surface area contributed by atoms with Gasteiger partial charge in [-0.25, -0.2) is 13.1 Å². The van der Waals surface area contributed by atoms with E-state index in [2.05, 4.69) is 4.72 Å². The Kier molecular flexibility index (Phi) is 6.66. The largest absolute Gasteiger partial charge is 0.490 e. The van der Waals surface area contributed by atoms with Crippen LogP contribution in [0, 0.1) is 0 Å². The Bertz CT molecular complexity index is 1210. The van der Waals surface area contributed by atoms with Gasteiger partial charge in [0.15, 0.2) is 11.5 Å². The second-order valence-electron chi connectivity index (χ2n) is 8.97. The van der Waals surface area contributed by atoms with Crippen LogP contribution in [0.3, 0.4) is 0 Å². The van der Waals surface area contributed by atoms with Gasteiger partial charge in [-0.15, -0.1) is 0 Å². The number of hydrogen-bond donors (Lipinski definition) is 1. The summed E-state index contributed by atoms with van der Waals surface area (Å²) in [4.78, 5) is 28.4. The van der Waals surface area contributed by atoms with Gasteiger partial charge in [-0.2, -0.15) is 0 Å². The topological polar surface area (TPSA) is 105 Å². The molecule has 5 rings (SSSR count). The maximum atomic E-state index is 13.0. The van der Waals surface area contributed by atoms with Gasteiger partial charge in [0.2, 0.25) is 21.8 Å². The van der Waals surface area contributed by atoms with Crippen LogP contribution in [-0.2, 0) is 19.6 Å². The van der Waals surface area contributed by atoms with Crippen molar-refractivity contribution in [3.8, 4) is 11.5 Å². The number of benzene rings is 2. The van der Waals surface area contributed by atoms with Gasteiger partial charge < -0.3 is 19.3 Å². The Balaban J connectivity index is 1.23. The summed E-state index contributed by atoms with van der Waals surface area (Å²) in [6.07, 6.45) is 3.76. The molecule has 2 fully saturated rings. The molecule has 35 heavy (non-hydrogen) atoms. The van der Waals surface area contributed by atoms with Crippen molar-refractivity contribution in [2.45, 2.75) is 43.0 Å². The maximum Gasteiger partial charge on any atom is 0.241 e. The van der Waals surface area contributed by atoms with Gasteiger partial charge in [-0.3, -0.25) is 9.59 Å². The number of nitrogens with zero attached hydrogens (tertiary/aromatic N) is 2. The first-order chi connectivity index (χ1) is 16.9. The Morgan fingerprint density at radius 2 is 1.74 bits per heavy atom. The highest BCUT2D eigenvalue weighted by atomic mass is 32.2. The molecule has 10 heteroatoms. The molecule has 3 aliphatic heterocycles. The molecule has 2 amide bonds. The van der Waals surface area contributed by atoms with Gasteiger partial charge in [0.25, 0.3) is 0 Å². The van der Waals surface area contributed by atoms with Crippen LogP contribution in [0.1, 0.15) is 43.7 Å². The van der Waals surface area contributed by atoms with Crippen molar-refractivity contribution in [3.63, 3.8) is 0 Å². The van der Waals surface area contributed by atoms with Gasteiger partial charge in [0, 0.05) is 31.6 Å². The number of carbonyl (C=O) groups is 2. The van der Waals surface area contributed by atoms with Crippen LogP contribution < -0.4 is 19.1 Å². The third-order valence-corrected chi connectivity index (χ3v) is 8.09. The lowest BCUT2D eigenvalue weighted by atomic mass is 10.0. The van der Waals surface area contributed by atoms with E-state index in [0.29, 0.717) is 49.9 Å². The van der Waals surface area contributed by atoms with E-state index in [1.54, 1.807) is 21.9 Å². The fourth-order valence-corrected chi connectivity index (χ4v) is 5.84. The van der Waals surface area contributed by atoms with Crippen molar-refractivity contribution < 1.29 is 27.5 Å². The molecule has 0 saturated carbocycles. The lowest BCUT2D eigenvalue weighted by Crippen LogP contribution is -2.39. The van der Waals surface area contributed by atoms with Crippen LogP contribution in [0.5, 0.6) is 11.5 Å².